The van der Waals surface area contributed by atoms with E-state index in [1.807, 2.05) is 0 Å². The molecule has 0 spiro atoms. The maximum Gasteiger partial charge on any atom is 0.197 e. The van der Waals surface area contributed by atoms with Crippen molar-refractivity contribution in [3.8, 4) is 34.1 Å². The van der Waals surface area contributed by atoms with E-state index in [9.17, 15) is 13.6 Å². The Bertz CT molecular complexity index is 1290. The van der Waals surface area contributed by atoms with Crippen LogP contribution in [0.5, 0.6) is 11.5 Å². The second kappa shape index (κ2) is 7.05. The molecule has 0 amide bonds. The zero-order valence-corrected chi connectivity index (χ0v) is 15.8. The second-order valence-electron chi connectivity index (χ2n) is 6.30. The fourth-order valence-corrected chi connectivity index (χ4v) is 3.25. The molecule has 2 heterocycles. The van der Waals surface area contributed by atoms with Crippen LogP contribution < -0.4 is 14.9 Å². The number of nitrogens with zero attached hydrogens (tertiary/aromatic N) is 2. The van der Waals surface area contributed by atoms with Crippen molar-refractivity contribution < 1.29 is 22.7 Å². The van der Waals surface area contributed by atoms with Gasteiger partial charge in [0.15, 0.2) is 22.6 Å². The van der Waals surface area contributed by atoms with Crippen molar-refractivity contribution in [2.75, 3.05) is 14.2 Å². The average Bonchev–Trinajstić information content (AvgIpc) is 3.13. The highest BCUT2D eigenvalue weighted by Crippen LogP contribution is 2.41. The lowest BCUT2D eigenvalue weighted by atomic mass is 10.0. The minimum absolute atomic E-state index is 0.0834. The zero-order valence-electron chi connectivity index (χ0n) is 15.8. The number of fused-ring (bicyclic) bond motifs is 1. The summed E-state index contributed by atoms with van der Waals surface area (Å²) in [6.07, 6.45) is 1.60. The summed E-state index contributed by atoms with van der Waals surface area (Å²) in [4.78, 5) is 12.9. The Labute approximate surface area is 163 Å². The third kappa shape index (κ3) is 3.02. The van der Waals surface area contributed by atoms with Gasteiger partial charge in [-0.25, -0.2) is 8.78 Å². The van der Waals surface area contributed by atoms with E-state index in [1.165, 1.54) is 26.4 Å². The fraction of sp³-hybridized carbons (Fsp3) is 0.143. The molecule has 29 heavy (non-hydrogen) atoms. The van der Waals surface area contributed by atoms with E-state index in [-0.39, 0.29) is 28.0 Å². The summed E-state index contributed by atoms with van der Waals surface area (Å²) in [5, 5.41) is 4.37. The van der Waals surface area contributed by atoms with Gasteiger partial charge in [-0.3, -0.25) is 9.48 Å². The zero-order chi connectivity index (χ0) is 20.7. The molecule has 0 aliphatic carbocycles. The van der Waals surface area contributed by atoms with Gasteiger partial charge in [0, 0.05) is 30.9 Å². The van der Waals surface area contributed by atoms with Crippen molar-refractivity contribution in [3.63, 3.8) is 0 Å². The number of aromatic nitrogens is 2. The van der Waals surface area contributed by atoms with Crippen LogP contribution in [0, 0.1) is 11.6 Å². The van der Waals surface area contributed by atoms with Crippen LogP contribution in [0.2, 0.25) is 0 Å². The third-order valence-corrected chi connectivity index (χ3v) is 4.65. The first kappa shape index (κ1) is 18.7. The minimum Gasteiger partial charge on any atom is -0.496 e. The molecule has 0 fully saturated rings. The molecule has 0 atom stereocenters. The lowest BCUT2D eigenvalue weighted by molar-refractivity contribution is 0.397. The second-order valence-corrected chi connectivity index (χ2v) is 6.30. The molecule has 0 N–H and O–H groups in total. The maximum absolute atomic E-state index is 13.7. The summed E-state index contributed by atoms with van der Waals surface area (Å²) in [5.74, 6) is -1.27. The Hall–Kier alpha value is -3.68. The molecule has 148 valence electrons. The first-order chi connectivity index (χ1) is 13.9. The van der Waals surface area contributed by atoms with Gasteiger partial charge < -0.3 is 13.9 Å². The summed E-state index contributed by atoms with van der Waals surface area (Å²) in [5.41, 5.74) is 1.15. The van der Waals surface area contributed by atoms with Crippen LogP contribution in [0.4, 0.5) is 8.78 Å². The van der Waals surface area contributed by atoms with E-state index >= 15 is 0 Å². The largest absolute Gasteiger partial charge is 0.496 e. The number of halogens is 2. The molecule has 0 saturated carbocycles. The molecule has 4 aromatic rings. The number of ether oxygens (including phenoxy) is 2. The fourth-order valence-electron chi connectivity index (χ4n) is 3.25. The number of hydrogen-bond donors (Lipinski definition) is 0. The highest BCUT2D eigenvalue weighted by Gasteiger charge is 2.23. The molecule has 0 radical (unpaired) electrons. The predicted octanol–water partition coefficient (Wildman–Crippen LogP) is 4.16. The van der Waals surface area contributed by atoms with Crippen molar-refractivity contribution in [1.29, 1.82) is 0 Å². The third-order valence-electron chi connectivity index (χ3n) is 4.65. The number of hydrogen-bond acceptors (Lipinski definition) is 5. The number of methoxy groups -OCH3 is 2. The minimum atomic E-state index is -1.04. The normalized spacial score (nSPS) is 11.1. The van der Waals surface area contributed by atoms with Crippen molar-refractivity contribution >= 4 is 11.0 Å². The van der Waals surface area contributed by atoms with E-state index in [0.717, 1.165) is 12.1 Å². The quantitative estimate of drug-likeness (QED) is 0.517. The van der Waals surface area contributed by atoms with Crippen LogP contribution in [0.15, 0.2) is 51.8 Å². The molecule has 2 aromatic heterocycles. The van der Waals surface area contributed by atoms with Crippen molar-refractivity contribution in [3.05, 3.63) is 64.5 Å². The van der Waals surface area contributed by atoms with Crippen molar-refractivity contribution in [1.82, 2.24) is 9.78 Å². The molecule has 2 aromatic carbocycles. The predicted molar refractivity (Wildman–Crippen MR) is 103 cm³/mol. The molecule has 6 nitrogen and oxygen atoms in total. The van der Waals surface area contributed by atoms with Gasteiger partial charge in [0.1, 0.15) is 22.6 Å². The van der Waals surface area contributed by atoms with Gasteiger partial charge in [-0.2, -0.15) is 5.10 Å². The Morgan fingerprint density at radius 2 is 1.76 bits per heavy atom. The van der Waals surface area contributed by atoms with E-state index < -0.39 is 17.1 Å². The molecule has 0 bridgehead atoms. The van der Waals surface area contributed by atoms with Crippen molar-refractivity contribution in [2.45, 2.75) is 0 Å². The maximum atomic E-state index is 13.7. The number of benzene rings is 2. The molecule has 0 unspecified atom stereocenters. The van der Waals surface area contributed by atoms with Gasteiger partial charge in [0.2, 0.25) is 0 Å². The molecular formula is C21H16F2N2O4. The highest BCUT2D eigenvalue weighted by molar-refractivity contribution is 5.99. The van der Waals surface area contributed by atoms with Gasteiger partial charge in [0.25, 0.3) is 0 Å². The van der Waals surface area contributed by atoms with Gasteiger partial charge >= 0.3 is 0 Å². The van der Waals surface area contributed by atoms with E-state index in [0.29, 0.717) is 17.0 Å². The molecule has 0 saturated heterocycles. The summed E-state index contributed by atoms with van der Waals surface area (Å²) in [6, 6.07) is 7.84. The summed E-state index contributed by atoms with van der Waals surface area (Å²) < 4.78 is 45.6. The van der Waals surface area contributed by atoms with Crippen LogP contribution >= 0.6 is 0 Å². The standard InChI is InChI=1S/C21H16F2N2O4/c1-25-14(6-7-24-25)19-17(27-2)10-18(28-3)20-15(26)9-16(29-21(19)20)11-4-5-12(22)13(23)8-11/h4-10H,1-3H3. The molecule has 0 aliphatic rings. The molecule has 8 heteroatoms. The monoisotopic (exact) mass is 398 g/mol. The van der Waals surface area contributed by atoms with Gasteiger partial charge in [-0.15, -0.1) is 0 Å². The Balaban J connectivity index is 2.13. The first-order valence-electron chi connectivity index (χ1n) is 8.61. The number of aryl methyl sites for hydroxylation is 1. The average molecular weight is 398 g/mol. The molecule has 0 aliphatic heterocycles. The SMILES string of the molecule is COc1cc(OC)c2c(=O)cc(-c3ccc(F)c(F)c3)oc2c1-c1ccnn1C. The topological polar surface area (TPSA) is 66.5 Å². The van der Waals surface area contributed by atoms with Crippen molar-refractivity contribution in [2.24, 2.45) is 7.05 Å². The summed E-state index contributed by atoms with van der Waals surface area (Å²) >= 11 is 0. The lowest BCUT2D eigenvalue weighted by Gasteiger charge is -2.15. The van der Waals surface area contributed by atoms with Crippen LogP contribution in [0.1, 0.15) is 0 Å². The van der Waals surface area contributed by atoms with Crippen LogP contribution in [0.25, 0.3) is 33.6 Å². The lowest BCUT2D eigenvalue weighted by Crippen LogP contribution is -2.06. The molecular weight excluding hydrogens is 382 g/mol. The van der Waals surface area contributed by atoms with Crippen LogP contribution in [0.3, 0.4) is 0 Å². The van der Waals surface area contributed by atoms with E-state index in [1.54, 1.807) is 30.1 Å². The van der Waals surface area contributed by atoms with Crippen LogP contribution in [-0.4, -0.2) is 24.0 Å². The van der Waals surface area contributed by atoms with Gasteiger partial charge in [-0.05, 0) is 24.3 Å². The van der Waals surface area contributed by atoms with Gasteiger partial charge in [-0.1, -0.05) is 0 Å². The Morgan fingerprint density at radius 1 is 1.00 bits per heavy atom. The number of rotatable bonds is 4. The Kier molecular flexibility index (Phi) is 4.54. The highest BCUT2D eigenvalue weighted by atomic mass is 19.2. The smallest absolute Gasteiger partial charge is 0.197 e. The van der Waals surface area contributed by atoms with E-state index in [2.05, 4.69) is 5.10 Å². The summed E-state index contributed by atoms with van der Waals surface area (Å²) in [6.45, 7) is 0. The van der Waals surface area contributed by atoms with E-state index in [4.69, 9.17) is 13.9 Å². The first-order valence-corrected chi connectivity index (χ1v) is 8.61. The summed E-state index contributed by atoms with van der Waals surface area (Å²) in [7, 11) is 4.65. The van der Waals surface area contributed by atoms with Gasteiger partial charge in [0.05, 0.1) is 25.5 Å². The van der Waals surface area contributed by atoms with Crippen LogP contribution in [-0.2, 0) is 7.05 Å². The Morgan fingerprint density at radius 3 is 2.38 bits per heavy atom. The molecule has 4 rings (SSSR count).